The summed E-state index contributed by atoms with van der Waals surface area (Å²) in [5.41, 5.74) is -0.241. The molecule has 0 atom stereocenters. The van der Waals surface area contributed by atoms with Crippen LogP contribution in [0.4, 0.5) is 0 Å². The molecule has 0 fully saturated rings. The summed E-state index contributed by atoms with van der Waals surface area (Å²) in [5.74, 6) is 0.0810. The lowest BCUT2D eigenvalue weighted by Crippen LogP contribution is -2.31. The second kappa shape index (κ2) is 3.72. The Kier molecular flexibility index (Phi) is 4.77. The normalized spacial score (nSPS) is 9.78. The number of hydrogen-bond acceptors (Lipinski definition) is 1. The number of halogens is 1. The molecule has 0 heterocycles. The molecular formula is C6H14ClNO. The van der Waals surface area contributed by atoms with Gasteiger partial charge in [0.1, 0.15) is 0 Å². The number of hydrogen-bond donors (Lipinski definition) is 1. The Balaban J connectivity index is 0. The number of rotatable bonds is 0. The molecule has 1 amide bonds. The molecule has 0 aromatic rings. The Hall–Kier alpha value is -0.240. The van der Waals surface area contributed by atoms with Crippen molar-refractivity contribution in [1.29, 1.82) is 0 Å². The van der Waals surface area contributed by atoms with Crippen molar-refractivity contribution in [2.24, 2.45) is 5.41 Å². The second-order valence-electron chi connectivity index (χ2n) is 2.83. The smallest absolute Gasteiger partial charge is 0.225 e. The molecule has 0 rings (SSSR count). The molecule has 3 heteroatoms. The topological polar surface area (TPSA) is 29.1 Å². The van der Waals surface area contributed by atoms with Crippen LogP contribution in [0.15, 0.2) is 0 Å². The van der Waals surface area contributed by atoms with Crippen LogP contribution in [0.5, 0.6) is 0 Å². The molecule has 1 N–H and O–H groups in total. The van der Waals surface area contributed by atoms with Crippen LogP contribution in [0, 0.1) is 5.41 Å². The van der Waals surface area contributed by atoms with Gasteiger partial charge in [-0.2, -0.15) is 0 Å². The van der Waals surface area contributed by atoms with Crippen LogP contribution in [0.2, 0.25) is 0 Å². The van der Waals surface area contributed by atoms with Crippen LogP contribution in [0.1, 0.15) is 20.8 Å². The summed E-state index contributed by atoms with van der Waals surface area (Å²) >= 11 is 0. The Morgan fingerprint density at radius 1 is 1.33 bits per heavy atom. The van der Waals surface area contributed by atoms with Crippen LogP contribution >= 0.6 is 12.4 Å². The van der Waals surface area contributed by atoms with Gasteiger partial charge in [-0.15, -0.1) is 12.4 Å². The summed E-state index contributed by atoms with van der Waals surface area (Å²) in [7, 11) is 1.65. The fourth-order valence-electron chi connectivity index (χ4n) is 0.375. The van der Waals surface area contributed by atoms with E-state index in [9.17, 15) is 4.79 Å². The fraction of sp³-hybridized carbons (Fsp3) is 0.833. The van der Waals surface area contributed by atoms with Gasteiger partial charge in [0.05, 0.1) is 0 Å². The zero-order chi connectivity index (χ0) is 6.78. The minimum absolute atomic E-state index is 0. The predicted molar refractivity (Wildman–Crippen MR) is 40.8 cm³/mol. The number of amides is 1. The van der Waals surface area contributed by atoms with Crippen molar-refractivity contribution in [2.75, 3.05) is 7.05 Å². The Morgan fingerprint density at radius 2 is 1.67 bits per heavy atom. The lowest BCUT2D eigenvalue weighted by atomic mass is 9.96. The van der Waals surface area contributed by atoms with E-state index in [0.29, 0.717) is 0 Å². The lowest BCUT2D eigenvalue weighted by molar-refractivity contribution is -0.127. The van der Waals surface area contributed by atoms with Gasteiger partial charge in [-0.1, -0.05) is 20.8 Å². The Labute approximate surface area is 62.4 Å². The van der Waals surface area contributed by atoms with Crippen LogP contribution in [0.25, 0.3) is 0 Å². The quantitative estimate of drug-likeness (QED) is 0.554. The summed E-state index contributed by atoms with van der Waals surface area (Å²) in [6.07, 6.45) is 0. The van der Waals surface area contributed by atoms with Crippen molar-refractivity contribution in [2.45, 2.75) is 20.8 Å². The molecule has 0 spiro atoms. The Bertz CT molecular complexity index is 95.7. The number of carbonyl (C=O) groups is 1. The highest BCUT2D eigenvalue weighted by molar-refractivity contribution is 5.85. The number of nitrogens with one attached hydrogen (secondary N) is 1. The van der Waals surface area contributed by atoms with Gasteiger partial charge in [0.25, 0.3) is 0 Å². The summed E-state index contributed by atoms with van der Waals surface area (Å²) in [5, 5.41) is 2.57. The van der Waals surface area contributed by atoms with Crippen LogP contribution in [-0.2, 0) is 4.79 Å². The maximum Gasteiger partial charge on any atom is 0.225 e. The van der Waals surface area contributed by atoms with Crippen molar-refractivity contribution in [3.8, 4) is 0 Å². The molecule has 9 heavy (non-hydrogen) atoms. The highest BCUT2D eigenvalue weighted by Gasteiger charge is 2.18. The number of carbonyl (C=O) groups excluding carboxylic acids is 1. The maximum absolute atomic E-state index is 10.7. The van der Waals surface area contributed by atoms with Crippen LogP contribution in [0.3, 0.4) is 0 Å². The molecule has 0 aliphatic carbocycles. The molecule has 0 unspecified atom stereocenters. The van der Waals surface area contributed by atoms with E-state index in [0.717, 1.165) is 0 Å². The zero-order valence-corrected chi connectivity index (χ0v) is 7.13. The Morgan fingerprint density at radius 3 is 1.67 bits per heavy atom. The molecule has 0 aromatic carbocycles. The molecule has 0 saturated carbocycles. The van der Waals surface area contributed by atoms with Crippen molar-refractivity contribution >= 4 is 18.3 Å². The first-order valence-electron chi connectivity index (χ1n) is 2.70. The minimum atomic E-state index is -0.241. The van der Waals surface area contributed by atoms with Crippen molar-refractivity contribution in [3.63, 3.8) is 0 Å². The fourth-order valence-corrected chi connectivity index (χ4v) is 0.375. The van der Waals surface area contributed by atoms with Crippen molar-refractivity contribution < 1.29 is 4.79 Å². The summed E-state index contributed by atoms with van der Waals surface area (Å²) < 4.78 is 0. The van der Waals surface area contributed by atoms with Gasteiger partial charge < -0.3 is 5.32 Å². The average molecular weight is 152 g/mol. The van der Waals surface area contributed by atoms with E-state index >= 15 is 0 Å². The second-order valence-corrected chi connectivity index (χ2v) is 2.83. The van der Waals surface area contributed by atoms with Gasteiger partial charge >= 0.3 is 0 Å². The summed E-state index contributed by atoms with van der Waals surface area (Å²) in [6, 6.07) is 0. The maximum atomic E-state index is 10.7. The van der Waals surface area contributed by atoms with Gasteiger partial charge in [0.2, 0.25) is 5.91 Å². The van der Waals surface area contributed by atoms with E-state index < -0.39 is 0 Å². The molecule has 0 radical (unpaired) electrons. The standard InChI is InChI=1S/C6H13NO.ClH/c1-6(2,3)5(8)7-4;/h1-4H3,(H,7,8);1H. The largest absolute Gasteiger partial charge is 0.359 e. The van der Waals surface area contributed by atoms with Gasteiger partial charge in [-0.3, -0.25) is 4.79 Å². The van der Waals surface area contributed by atoms with E-state index in [1.165, 1.54) is 0 Å². The molecule has 2 nitrogen and oxygen atoms in total. The molecule has 0 aromatic heterocycles. The zero-order valence-electron chi connectivity index (χ0n) is 6.32. The highest BCUT2D eigenvalue weighted by atomic mass is 35.5. The van der Waals surface area contributed by atoms with Gasteiger partial charge in [-0.25, -0.2) is 0 Å². The first-order chi connectivity index (χ1) is 3.48. The lowest BCUT2D eigenvalue weighted by Gasteiger charge is -2.14. The third kappa shape index (κ3) is 4.28. The van der Waals surface area contributed by atoms with Gasteiger partial charge in [-0.05, 0) is 0 Å². The SMILES string of the molecule is CNC(=O)C(C)(C)C.Cl. The van der Waals surface area contributed by atoms with E-state index in [2.05, 4.69) is 5.32 Å². The molecule has 0 aliphatic rings. The third-order valence-electron chi connectivity index (χ3n) is 0.908. The molecule has 56 valence electrons. The van der Waals surface area contributed by atoms with E-state index in [4.69, 9.17) is 0 Å². The van der Waals surface area contributed by atoms with Crippen LogP contribution in [-0.4, -0.2) is 13.0 Å². The van der Waals surface area contributed by atoms with E-state index in [-0.39, 0.29) is 23.7 Å². The third-order valence-corrected chi connectivity index (χ3v) is 0.908. The minimum Gasteiger partial charge on any atom is -0.359 e. The molecular weight excluding hydrogens is 138 g/mol. The van der Waals surface area contributed by atoms with Crippen LogP contribution < -0.4 is 5.32 Å². The van der Waals surface area contributed by atoms with E-state index in [1.807, 2.05) is 20.8 Å². The average Bonchev–Trinajstić information content (AvgIpc) is 1.62. The van der Waals surface area contributed by atoms with Gasteiger partial charge in [0.15, 0.2) is 0 Å². The highest BCUT2D eigenvalue weighted by Crippen LogP contribution is 2.11. The first kappa shape index (κ1) is 11.5. The monoisotopic (exact) mass is 151 g/mol. The van der Waals surface area contributed by atoms with Crippen molar-refractivity contribution in [3.05, 3.63) is 0 Å². The summed E-state index contributed by atoms with van der Waals surface area (Å²) in [4.78, 5) is 10.7. The van der Waals surface area contributed by atoms with Gasteiger partial charge in [0, 0.05) is 12.5 Å². The predicted octanol–water partition coefficient (Wildman–Crippen LogP) is 1.20. The first-order valence-corrected chi connectivity index (χ1v) is 2.70. The molecule has 0 aliphatic heterocycles. The van der Waals surface area contributed by atoms with Crippen molar-refractivity contribution in [1.82, 2.24) is 5.32 Å². The molecule has 0 bridgehead atoms. The molecule has 0 saturated heterocycles. The summed E-state index contributed by atoms with van der Waals surface area (Å²) in [6.45, 7) is 5.64. The van der Waals surface area contributed by atoms with E-state index in [1.54, 1.807) is 7.05 Å².